The number of amides is 2. The summed E-state index contributed by atoms with van der Waals surface area (Å²) >= 11 is 0. The van der Waals surface area contributed by atoms with Crippen LogP contribution in [0.5, 0.6) is 0 Å². The molecule has 1 aliphatic rings. The summed E-state index contributed by atoms with van der Waals surface area (Å²) in [5, 5.41) is 0. The maximum Gasteiger partial charge on any atom is 0.410 e. The fourth-order valence-corrected chi connectivity index (χ4v) is 3.12. The van der Waals surface area contributed by atoms with Gasteiger partial charge in [0.15, 0.2) is 0 Å². The lowest BCUT2D eigenvalue weighted by atomic mass is 10.0. The molecule has 0 aliphatic carbocycles. The highest BCUT2D eigenvalue weighted by Gasteiger charge is 2.36. The quantitative estimate of drug-likeness (QED) is 0.812. The van der Waals surface area contributed by atoms with Gasteiger partial charge in [0.25, 0.3) is 0 Å². The van der Waals surface area contributed by atoms with Crippen LogP contribution in [0.1, 0.15) is 52.5 Å². The number of hydrogen-bond donors (Lipinski definition) is 0. The molecule has 1 fully saturated rings. The lowest BCUT2D eigenvalue weighted by molar-refractivity contribution is -0.138. The fraction of sp³-hybridized carbons (Fsp3) is 0.600. The molecule has 5 nitrogen and oxygen atoms in total. The van der Waals surface area contributed by atoms with E-state index in [1.54, 1.807) is 23.1 Å². The maximum atomic E-state index is 14.0. The topological polar surface area (TPSA) is 49.9 Å². The van der Waals surface area contributed by atoms with E-state index in [2.05, 4.69) is 0 Å². The van der Waals surface area contributed by atoms with Gasteiger partial charge in [0, 0.05) is 25.2 Å². The average Bonchev–Trinajstić information content (AvgIpc) is 2.59. The van der Waals surface area contributed by atoms with E-state index in [0.29, 0.717) is 25.1 Å². The summed E-state index contributed by atoms with van der Waals surface area (Å²) in [5.74, 6) is -0.479. The van der Waals surface area contributed by atoms with Gasteiger partial charge >= 0.3 is 6.09 Å². The molecule has 0 radical (unpaired) electrons. The van der Waals surface area contributed by atoms with Gasteiger partial charge in [0.05, 0.1) is 0 Å². The third kappa shape index (κ3) is 5.19. The van der Waals surface area contributed by atoms with Crippen LogP contribution in [-0.2, 0) is 16.1 Å². The molecule has 1 aliphatic heterocycles. The minimum atomic E-state index is -0.611. The second kappa shape index (κ2) is 8.52. The Morgan fingerprint density at radius 1 is 1.27 bits per heavy atom. The van der Waals surface area contributed by atoms with Crippen molar-refractivity contribution >= 4 is 12.0 Å². The molecule has 1 saturated heterocycles. The van der Waals surface area contributed by atoms with Crippen molar-refractivity contribution in [2.75, 3.05) is 13.1 Å². The van der Waals surface area contributed by atoms with Crippen LogP contribution >= 0.6 is 0 Å². The number of nitrogens with zero attached hydrogens (tertiary/aromatic N) is 2. The van der Waals surface area contributed by atoms with Crippen molar-refractivity contribution in [2.24, 2.45) is 0 Å². The van der Waals surface area contributed by atoms with E-state index in [1.165, 1.54) is 11.0 Å². The molecule has 1 aromatic rings. The highest BCUT2D eigenvalue weighted by atomic mass is 19.1. The van der Waals surface area contributed by atoms with Gasteiger partial charge in [-0.3, -0.25) is 9.69 Å². The van der Waals surface area contributed by atoms with E-state index < -0.39 is 17.7 Å². The second-order valence-electron chi connectivity index (χ2n) is 7.63. The van der Waals surface area contributed by atoms with Gasteiger partial charge in [0.1, 0.15) is 17.5 Å². The number of rotatable bonds is 4. The van der Waals surface area contributed by atoms with Crippen LogP contribution in [0, 0.1) is 5.82 Å². The third-order valence-corrected chi connectivity index (χ3v) is 4.43. The molecule has 144 valence electrons. The van der Waals surface area contributed by atoms with Crippen LogP contribution in [0.2, 0.25) is 0 Å². The molecule has 0 unspecified atom stereocenters. The first kappa shape index (κ1) is 20.2. The Kier molecular flexibility index (Phi) is 6.62. The number of carbonyl (C=O) groups is 2. The number of hydrogen-bond acceptors (Lipinski definition) is 3. The van der Waals surface area contributed by atoms with Gasteiger partial charge in [-0.1, -0.05) is 18.2 Å². The summed E-state index contributed by atoms with van der Waals surface area (Å²) in [6, 6.07) is 5.90. The van der Waals surface area contributed by atoms with E-state index in [-0.39, 0.29) is 18.3 Å². The predicted octanol–water partition coefficient (Wildman–Crippen LogP) is 3.96. The van der Waals surface area contributed by atoms with E-state index in [1.807, 2.05) is 27.7 Å². The smallest absolute Gasteiger partial charge is 0.410 e. The Balaban J connectivity index is 2.15. The molecule has 1 heterocycles. The van der Waals surface area contributed by atoms with Crippen molar-refractivity contribution in [3.63, 3.8) is 0 Å². The molecule has 2 amide bonds. The third-order valence-electron chi connectivity index (χ3n) is 4.43. The number of halogens is 1. The van der Waals surface area contributed by atoms with Crippen LogP contribution < -0.4 is 0 Å². The lowest BCUT2D eigenvalue weighted by Crippen LogP contribution is -2.53. The maximum absolute atomic E-state index is 14.0. The SMILES string of the molecule is CCN(Cc1ccccc1F)C(=O)[C@@H]1CCCCN1C(=O)OC(C)(C)C. The van der Waals surface area contributed by atoms with Crippen molar-refractivity contribution in [1.29, 1.82) is 0 Å². The van der Waals surface area contributed by atoms with Gasteiger partial charge in [-0.25, -0.2) is 9.18 Å². The van der Waals surface area contributed by atoms with E-state index in [9.17, 15) is 14.0 Å². The summed E-state index contributed by atoms with van der Waals surface area (Å²) in [7, 11) is 0. The minimum Gasteiger partial charge on any atom is -0.444 e. The monoisotopic (exact) mass is 364 g/mol. The molecule has 1 aromatic carbocycles. The number of carbonyl (C=O) groups excluding carboxylic acids is 2. The highest BCUT2D eigenvalue weighted by Crippen LogP contribution is 2.23. The second-order valence-corrected chi connectivity index (χ2v) is 7.63. The molecule has 0 aromatic heterocycles. The van der Waals surface area contributed by atoms with Crippen molar-refractivity contribution in [1.82, 2.24) is 9.80 Å². The van der Waals surface area contributed by atoms with Crippen LogP contribution in [0.4, 0.5) is 9.18 Å². The Morgan fingerprint density at radius 3 is 2.58 bits per heavy atom. The van der Waals surface area contributed by atoms with E-state index >= 15 is 0 Å². The zero-order valence-electron chi connectivity index (χ0n) is 16.1. The summed E-state index contributed by atoms with van der Waals surface area (Å²) in [4.78, 5) is 28.7. The Bertz CT molecular complexity index is 642. The lowest BCUT2D eigenvalue weighted by Gasteiger charge is -2.38. The Hall–Kier alpha value is -2.11. The zero-order valence-corrected chi connectivity index (χ0v) is 16.1. The number of likely N-dealkylation sites (N-methyl/N-ethyl adjacent to an activating group) is 1. The number of ether oxygens (including phenoxy) is 1. The van der Waals surface area contributed by atoms with Crippen molar-refractivity contribution in [3.05, 3.63) is 35.6 Å². The highest BCUT2D eigenvalue weighted by molar-refractivity contribution is 5.86. The number of likely N-dealkylation sites (tertiary alicyclic amines) is 1. The molecule has 26 heavy (non-hydrogen) atoms. The van der Waals surface area contributed by atoms with Gasteiger partial charge in [-0.2, -0.15) is 0 Å². The van der Waals surface area contributed by atoms with Gasteiger partial charge in [0.2, 0.25) is 5.91 Å². The first-order valence-electron chi connectivity index (χ1n) is 9.24. The molecular formula is C20H29FN2O3. The standard InChI is InChI=1S/C20H29FN2O3/c1-5-22(14-15-10-6-7-11-16(15)21)18(24)17-12-8-9-13-23(17)19(25)26-20(2,3)4/h6-7,10-11,17H,5,8-9,12-14H2,1-4H3/t17-/m0/s1. The largest absolute Gasteiger partial charge is 0.444 e. The molecule has 0 spiro atoms. The summed E-state index contributed by atoms with van der Waals surface area (Å²) in [5.41, 5.74) is -0.137. The molecule has 0 bridgehead atoms. The molecule has 2 rings (SSSR count). The Morgan fingerprint density at radius 2 is 1.96 bits per heavy atom. The molecule has 6 heteroatoms. The van der Waals surface area contributed by atoms with E-state index in [4.69, 9.17) is 4.74 Å². The van der Waals surface area contributed by atoms with E-state index in [0.717, 1.165) is 12.8 Å². The van der Waals surface area contributed by atoms with Gasteiger partial charge in [-0.05, 0) is 53.0 Å². The zero-order chi connectivity index (χ0) is 19.3. The van der Waals surface area contributed by atoms with Crippen molar-refractivity contribution < 1.29 is 18.7 Å². The summed E-state index contributed by atoms with van der Waals surface area (Å²) in [6.45, 7) is 8.43. The van der Waals surface area contributed by atoms with Crippen molar-refractivity contribution in [3.8, 4) is 0 Å². The number of benzene rings is 1. The van der Waals surface area contributed by atoms with Crippen LogP contribution in [0.3, 0.4) is 0 Å². The normalized spacial score (nSPS) is 17.7. The Labute approximate surface area is 155 Å². The summed E-state index contributed by atoms with van der Waals surface area (Å²) in [6.07, 6.45) is 1.87. The van der Waals surface area contributed by atoms with Crippen molar-refractivity contribution in [2.45, 2.75) is 65.1 Å². The fourth-order valence-electron chi connectivity index (χ4n) is 3.12. The molecule has 1 atom stereocenters. The van der Waals surface area contributed by atoms with Crippen LogP contribution in [-0.4, -0.2) is 46.5 Å². The average molecular weight is 364 g/mol. The van der Waals surface area contributed by atoms with Crippen LogP contribution in [0.25, 0.3) is 0 Å². The summed E-state index contributed by atoms with van der Waals surface area (Å²) < 4.78 is 19.4. The molecular weight excluding hydrogens is 335 g/mol. The van der Waals surface area contributed by atoms with Gasteiger partial charge < -0.3 is 9.64 Å². The molecule has 0 N–H and O–H groups in total. The number of piperidine rings is 1. The minimum absolute atomic E-state index is 0.152. The molecule has 0 saturated carbocycles. The van der Waals surface area contributed by atoms with Gasteiger partial charge in [-0.15, -0.1) is 0 Å². The first-order valence-corrected chi connectivity index (χ1v) is 9.24. The predicted molar refractivity (Wildman–Crippen MR) is 98.1 cm³/mol. The first-order chi connectivity index (χ1) is 12.2. The van der Waals surface area contributed by atoms with Crippen LogP contribution in [0.15, 0.2) is 24.3 Å².